The summed E-state index contributed by atoms with van der Waals surface area (Å²) in [5.41, 5.74) is 5.45. The zero-order valence-corrected chi connectivity index (χ0v) is 9.61. The standard InChI is InChI=1S/C13H14S/c1-9-4-5-10(2)13(8-9)12-6-7-14-11(12)3/h4-8H,1-3H3. The van der Waals surface area contributed by atoms with Gasteiger partial charge in [0.15, 0.2) is 0 Å². The summed E-state index contributed by atoms with van der Waals surface area (Å²) in [6.07, 6.45) is 0. The maximum Gasteiger partial charge on any atom is 0.00926 e. The van der Waals surface area contributed by atoms with Crippen LogP contribution in [0.2, 0.25) is 0 Å². The fourth-order valence-corrected chi connectivity index (χ4v) is 2.40. The lowest BCUT2D eigenvalue weighted by atomic mass is 9.99. The van der Waals surface area contributed by atoms with Crippen molar-refractivity contribution in [3.63, 3.8) is 0 Å². The van der Waals surface area contributed by atoms with Gasteiger partial charge in [-0.05, 0) is 48.9 Å². The van der Waals surface area contributed by atoms with Crippen molar-refractivity contribution in [3.05, 3.63) is 45.6 Å². The maximum atomic E-state index is 2.27. The van der Waals surface area contributed by atoms with Crippen molar-refractivity contribution >= 4 is 11.3 Å². The van der Waals surface area contributed by atoms with E-state index in [2.05, 4.69) is 50.4 Å². The second-order valence-electron chi connectivity index (χ2n) is 3.71. The van der Waals surface area contributed by atoms with Crippen molar-refractivity contribution in [1.29, 1.82) is 0 Å². The lowest BCUT2D eigenvalue weighted by Gasteiger charge is -2.06. The molecular weight excluding hydrogens is 188 g/mol. The molecule has 14 heavy (non-hydrogen) atoms. The first-order valence-electron chi connectivity index (χ1n) is 4.80. The average molecular weight is 202 g/mol. The van der Waals surface area contributed by atoms with Gasteiger partial charge < -0.3 is 0 Å². The van der Waals surface area contributed by atoms with Crippen molar-refractivity contribution in [1.82, 2.24) is 0 Å². The molecule has 0 aliphatic heterocycles. The first kappa shape index (κ1) is 9.47. The smallest absolute Gasteiger partial charge is 0.00926 e. The van der Waals surface area contributed by atoms with E-state index < -0.39 is 0 Å². The minimum atomic E-state index is 1.33. The molecule has 1 heteroatoms. The number of thiophene rings is 1. The highest BCUT2D eigenvalue weighted by molar-refractivity contribution is 7.10. The van der Waals surface area contributed by atoms with E-state index in [1.807, 2.05) is 11.3 Å². The molecule has 1 aromatic heterocycles. The van der Waals surface area contributed by atoms with Gasteiger partial charge >= 0.3 is 0 Å². The van der Waals surface area contributed by atoms with Gasteiger partial charge in [0, 0.05) is 4.88 Å². The van der Waals surface area contributed by atoms with E-state index in [9.17, 15) is 0 Å². The minimum absolute atomic E-state index is 1.33. The SMILES string of the molecule is Cc1ccc(C)c(-c2ccsc2C)c1. The van der Waals surface area contributed by atoms with E-state index in [4.69, 9.17) is 0 Å². The molecular formula is C13H14S. The Morgan fingerprint density at radius 1 is 0.929 bits per heavy atom. The molecule has 0 atom stereocenters. The number of rotatable bonds is 1. The van der Waals surface area contributed by atoms with Crippen LogP contribution in [0.15, 0.2) is 29.6 Å². The van der Waals surface area contributed by atoms with Crippen LogP contribution in [0.1, 0.15) is 16.0 Å². The van der Waals surface area contributed by atoms with Gasteiger partial charge in [0.2, 0.25) is 0 Å². The summed E-state index contributed by atoms with van der Waals surface area (Å²) < 4.78 is 0. The van der Waals surface area contributed by atoms with Crippen LogP contribution >= 0.6 is 11.3 Å². The molecule has 0 radical (unpaired) electrons. The third kappa shape index (κ3) is 1.60. The van der Waals surface area contributed by atoms with E-state index >= 15 is 0 Å². The predicted octanol–water partition coefficient (Wildman–Crippen LogP) is 4.34. The van der Waals surface area contributed by atoms with Gasteiger partial charge in [-0.2, -0.15) is 0 Å². The molecule has 0 saturated carbocycles. The van der Waals surface area contributed by atoms with Gasteiger partial charge in [0.05, 0.1) is 0 Å². The third-order valence-corrected chi connectivity index (χ3v) is 3.39. The molecule has 0 unspecified atom stereocenters. The Balaban J connectivity index is 2.62. The Morgan fingerprint density at radius 3 is 2.36 bits per heavy atom. The topological polar surface area (TPSA) is 0 Å². The summed E-state index contributed by atoms with van der Waals surface area (Å²) in [5, 5.41) is 2.16. The van der Waals surface area contributed by atoms with Crippen molar-refractivity contribution < 1.29 is 0 Å². The van der Waals surface area contributed by atoms with Gasteiger partial charge in [-0.3, -0.25) is 0 Å². The van der Waals surface area contributed by atoms with Crippen molar-refractivity contribution in [2.45, 2.75) is 20.8 Å². The quantitative estimate of drug-likeness (QED) is 0.645. The zero-order valence-electron chi connectivity index (χ0n) is 8.79. The second-order valence-corrected chi connectivity index (χ2v) is 4.83. The molecule has 2 rings (SSSR count). The van der Waals surface area contributed by atoms with Crippen LogP contribution < -0.4 is 0 Å². The zero-order chi connectivity index (χ0) is 10.1. The van der Waals surface area contributed by atoms with Crippen LogP contribution in [0.3, 0.4) is 0 Å². The van der Waals surface area contributed by atoms with Gasteiger partial charge in [0.25, 0.3) is 0 Å². The van der Waals surface area contributed by atoms with Crippen molar-refractivity contribution in [2.24, 2.45) is 0 Å². The fourth-order valence-electron chi connectivity index (χ4n) is 1.69. The van der Waals surface area contributed by atoms with E-state index in [-0.39, 0.29) is 0 Å². The highest BCUT2D eigenvalue weighted by Crippen LogP contribution is 2.30. The maximum absolute atomic E-state index is 2.27. The molecule has 0 aliphatic carbocycles. The largest absolute Gasteiger partial charge is 0.149 e. The van der Waals surface area contributed by atoms with E-state index in [0.29, 0.717) is 0 Å². The molecule has 0 amide bonds. The average Bonchev–Trinajstić information content (AvgIpc) is 2.56. The van der Waals surface area contributed by atoms with Crippen LogP contribution in [-0.2, 0) is 0 Å². The first-order chi connectivity index (χ1) is 6.68. The number of benzene rings is 1. The highest BCUT2D eigenvalue weighted by Gasteiger charge is 2.05. The van der Waals surface area contributed by atoms with E-state index in [0.717, 1.165) is 0 Å². The molecule has 72 valence electrons. The lowest BCUT2D eigenvalue weighted by Crippen LogP contribution is -1.84. The number of hydrogen-bond acceptors (Lipinski definition) is 1. The van der Waals surface area contributed by atoms with Crippen molar-refractivity contribution in [3.8, 4) is 11.1 Å². The third-order valence-electron chi connectivity index (χ3n) is 2.54. The molecule has 2 aromatic rings. The van der Waals surface area contributed by atoms with Crippen LogP contribution in [0, 0.1) is 20.8 Å². The van der Waals surface area contributed by atoms with Crippen LogP contribution in [0.5, 0.6) is 0 Å². The predicted molar refractivity (Wildman–Crippen MR) is 64.0 cm³/mol. The molecule has 0 nitrogen and oxygen atoms in total. The molecule has 0 aliphatic rings. The Labute approximate surface area is 89.2 Å². The lowest BCUT2D eigenvalue weighted by molar-refractivity contribution is 1.39. The van der Waals surface area contributed by atoms with Crippen LogP contribution in [0.4, 0.5) is 0 Å². The van der Waals surface area contributed by atoms with Crippen molar-refractivity contribution in [2.75, 3.05) is 0 Å². The fraction of sp³-hybridized carbons (Fsp3) is 0.231. The number of aryl methyl sites for hydroxylation is 3. The van der Waals surface area contributed by atoms with Gasteiger partial charge in [-0.15, -0.1) is 11.3 Å². The second kappa shape index (κ2) is 3.58. The summed E-state index contributed by atoms with van der Waals surface area (Å²) in [4.78, 5) is 1.40. The summed E-state index contributed by atoms with van der Waals surface area (Å²) in [7, 11) is 0. The highest BCUT2D eigenvalue weighted by atomic mass is 32.1. The Bertz CT molecular complexity index is 452. The molecule has 1 heterocycles. The van der Waals surface area contributed by atoms with Crippen LogP contribution in [-0.4, -0.2) is 0 Å². The summed E-state index contributed by atoms with van der Waals surface area (Å²) in [6, 6.07) is 8.84. The summed E-state index contributed by atoms with van der Waals surface area (Å²) >= 11 is 1.81. The normalized spacial score (nSPS) is 10.5. The first-order valence-corrected chi connectivity index (χ1v) is 5.68. The minimum Gasteiger partial charge on any atom is -0.149 e. The number of hydrogen-bond donors (Lipinski definition) is 0. The molecule has 0 bridgehead atoms. The van der Waals surface area contributed by atoms with Crippen LogP contribution in [0.25, 0.3) is 11.1 Å². The Hall–Kier alpha value is -1.08. The van der Waals surface area contributed by atoms with E-state index in [1.165, 1.54) is 27.1 Å². The molecule has 0 saturated heterocycles. The monoisotopic (exact) mass is 202 g/mol. The molecule has 1 aromatic carbocycles. The Morgan fingerprint density at radius 2 is 1.71 bits per heavy atom. The van der Waals surface area contributed by atoms with Gasteiger partial charge in [-0.1, -0.05) is 23.8 Å². The van der Waals surface area contributed by atoms with E-state index in [1.54, 1.807) is 0 Å². The molecule has 0 spiro atoms. The summed E-state index contributed by atoms with van der Waals surface area (Å²) in [6.45, 7) is 6.50. The molecule has 0 N–H and O–H groups in total. The van der Waals surface area contributed by atoms with Gasteiger partial charge in [-0.25, -0.2) is 0 Å². The molecule has 0 fully saturated rings. The Kier molecular flexibility index (Phi) is 2.42. The summed E-state index contributed by atoms with van der Waals surface area (Å²) in [5.74, 6) is 0. The van der Waals surface area contributed by atoms with Gasteiger partial charge in [0.1, 0.15) is 0 Å².